The van der Waals surface area contributed by atoms with Crippen molar-refractivity contribution in [2.45, 2.75) is 32.1 Å². The predicted octanol–water partition coefficient (Wildman–Crippen LogP) is 2.82. The summed E-state index contributed by atoms with van der Waals surface area (Å²) < 4.78 is 11.7. The molecule has 0 N–H and O–H groups in total. The lowest BCUT2D eigenvalue weighted by Gasteiger charge is -2.12. The van der Waals surface area contributed by atoms with E-state index >= 15 is 0 Å². The maximum atomic E-state index is 11.7. The van der Waals surface area contributed by atoms with Crippen LogP contribution in [0.3, 0.4) is 0 Å². The van der Waals surface area contributed by atoms with Crippen LogP contribution in [0.2, 0.25) is 0 Å². The molecule has 13 heavy (non-hydrogen) atoms. The number of rotatable bonds is 3. The summed E-state index contributed by atoms with van der Waals surface area (Å²) >= 11 is -0.805. The quantitative estimate of drug-likeness (QED) is 0.682. The van der Waals surface area contributed by atoms with Gasteiger partial charge < -0.3 is 4.55 Å². The van der Waals surface area contributed by atoms with Crippen molar-refractivity contribution in [3.63, 3.8) is 0 Å². The SMILES string of the molecule is CCC[S+]([O-])c1cccc(C)c1C. The number of benzene rings is 1. The van der Waals surface area contributed by atoms with Gasteiger partial charge >= 0.3 is 0 Å². The minimum atomic E-state index is -0.805. The largest absolute Gasteiger partial charge is 0.611 e. The van der Waals surface area contributed by atoms with E-state index in [4.69, 9.17) is 0 Å². The molecule has 0 saturated carbocycles. The molecule has 0 saturated heterocycles. The van der Waals surface area contributed by atoms with E-state index < -0.39 is 11.2 Å². The molecule has 0 bridgehead atoms. The van der Waals surface area contributed by atoms with Crippen molar-refractivity contribution in [1.82, 2.24) is 0 Å². The molecule has 1 aromatic rings. The molecule has 1 nitrogen and oxygen atoms in total. The van der Waals surface area contributed by atoms with Gasteiger partial charge in [-0.3, -0.25) is 0 Å². The highest BCUT2D eigenvalue weighted by molar-refractivity contribution is 7.91. The summed E-state index contributed by atoms with van der Waals surface area (Å²) in [7, 11) is 0. The fourth-order valence-electron chi connectivity index (χ4n) is 1.27. The molecule has 0 aromatic heterocycles. The Labute approximate surface area is 83.4 Å². The number of hydrogen-bond acceptors (Lipinski definition) is 1. The fourth-order valence-corrected chi connectivity index (χ4v) is 2.59. The van der Waals surface area contributed by atoms with Gasteiger partial charge in [0.15, 0.2) is 4.90 Å². The average Bonchev–Trinajstić information content (AvgIpc) is 2.10. The van der Waals surface area contributed by atoms with Crippen LogP contribution in [0, 0.1) is 13.8 Å². The zero-order chi connectivity index (χ0) is 9.84. The van der Waals surface area contributed by atoms with Crippen LogP contribution in [0.4, 0.5) is 0 Å². The highest BCUT2D eigenvalue weighted by Crippen LogP contribution is 2.19. The van der Waals surface area contributed by atoms with E-state index in [1.165, 1.54) is 11.1 Å². The van der Waals surface area contributed by atoms with Gasteiger partial charge in [0.2, 0.25) is 0 Å². The molecule has 0 fully saturated rings. The Morgan fingerprint density at radius 3 is 2.62 bits per heavy atom. The van der Waals surface area contributed by atoms with Gasteiger partial charge in [-0.15, -0.1) is 0 Å². The molecule has 0 radical (unpaired) electrons. The normalized spacial score (nSPS) is 12.9. The second kappa shape index (κ2) is 4.68. The lowest BCUT2D eigenvalue weighted by molar-refractivity contribution is 0.593. The molecule has 1 atom stereocenters. The molecule has 0 aliphatic heterocycles. The van der Waals surface area contributed by atoms with Crippen LogP contribution >= 0.6 is 0 Å². The van der Waals surface area contributed by atoms with E-state index in [0.717, 1.165) is 17.1 Å². The van der Waals surface area contributed by atoms with Crippen LogP contribution in [0.5, 0.6) is 0 Å². The molecular weight excluding hydrogens is 180 g/mol. The van der Waals surface area contributed by atoms with Crippen molar-refractivity contribution in [3.8, 4) is 0 Å². The number of hydrogen-bond donors (Lipinski definition) is 0. The van der Waals surface area contributed by atoms with Gasteiger partial charge in [-0.2, -0.15) is 0 Å². The maximum absolute atomic E-state index is 11.7. The minimum Gasteiger partial charge on any atom is -0.611 e. The fraction of sp³-hybridized carbons (Fsp3) is 0.455. The van der Waals surface area contributed by atoms with Gasteiger partial charge in [-0.1, -0.05) is 19.1 Å². The summed E-state index contributed by atoms with van der Waals surface area (Å²) in [6.45, 7) is 6.16. The zero-order valence-corrected chi connectivity index (χ0v) is 9.28. The van der Waals surface area contributed by atoms with Gasteiger partial charge in [0, 0.05) is 5.56 Å². The molecule has 72 valence electrons. The molecular formula is C11H16OS. The van der Waals surface area contributed by atoms with Crippen LogP contribution in [0.25, 0.3) is 0 Å². The van der Waals surface area contributed by atoms with Gasteiger partial charge in [0.25, 0.3) is 0 Å². The van der Waals surface area contributed by atoms with Crippen LogP contribution in [0.15, 0.2) is 23.1 Å². The topological polar surface area (TPSA) is 23.1 Å². The van der Waals surface area contributed by atoms with E-state index in [-0.39, 0.29) is 0 Å². The Bertz CT molecular complexity index is 283. The summed E-state index contributed by atoms with van der Waals surface area (Å²) in [5.41, 5.74) is 2.40. The summed E-state index contributed by atoms with van der Waals surface area (Å²) in [5, 5.41) is 0. The molecule has 0 amide bonds. The van der Waals surface area contributed by atoms with E-state index in [0.29, 0.717) is 0 Å². The standard InChI is InChI=1S/C11H16OS/c1-4-8-13(12)11-7-5-6-9(2)10(11)3/h5-7H,4,8H2,1-3H3. The Morgan fingerprint density at radius 2 is 2.00 bits per heavy atom. The van der Waals surface area contributed by atoms with Crippen molar-refractivity contribution in [2.75, 3.05) is 5.75 Å². The van der Waals surface area contributed by atoms with Crippen molar-refractivity contribution < 1.29 is 4.55 Å². The average molecular weight is 196 g/mol. The molecule has 0 spiro atoms. The van der Waals surface area contributed by atoms with Crippen molar-refractivity contribution in [1.29, 1.82) is 0 Å². The van der Waals surface area contributed by atoms with Gasteiger partial charge in [-0.25, -0.2) is 0 Å². The third-order valence-electron chi connectivity index (χ3n) is 2.19. The number of aryl methyl sites for hydroxylation is 1. The smallest absolute Gasteiger partial charge is 0.155 e. The highest BCUT2D eigenvalue weighted by atomic mass is 32.2. The van der Waals surface area contributed by atoms with Crippen LogP contribution in [0.1, 0.15) is 24.5 Å². The Morgan fingerprint density at radius 1 is 1.31 bits per heavy atom. The maximum Gasteiger partial charge on any atom is 0.155 e. The van der Waals surface area contributed by atoms with E-state index in [1.807, 2.05) is 19.1 Å². The molecule has 1 unspecified atom stereocenters. The van der Waals surface area contributed by atoms with Crippen molar-refractivity contribution in [3.05, 3.63) is 29.3 Å². The second-order valence-electron chi connectivity index (χ2n) is 3.25. The van der Waals surface area contributed by atoms with Crippen LogP contribution in [-0.2, 0) is 11.2 Å². The predicted molar refractivity (Wildman–Crippen MR) is 57.5 cm³/mol. The van der Waals surface area contributed by atoms with Crippen LogP contribution < -0.4 is 0 Å². The van der Waals surface area contributed by atoms with Crippen molar-refractivity contribution >= 4 is 11.2 Å². The summed E-state index contributed by atoms with van der Waals surface area (Å²) in [6, 6.07) is 6.00. The molecule has 0 heterocycles. The zero-order valence-electron chi connectivity index (χ0n) is 8.46. The molecule has 1 rings (SSSR count). The lowest BCUT2D eigenvalue weighted by Crippen LogP contribution is -2.08. The van der Waals surface area contributed by atoms with E-state index in [2.05, 4.69) is 19.9 Å². The Balaban J connectivity index is 2.93. The second-order valence-corrected chi connectivity index (χ2v) is 4.79. The first-order chi connectivity index (χ1) is 6.16. The first kappa shape index (κ1) is 10.6. The van der Waals surface area contributed by atoms with Gasteiger partial charge in [0.05, 0.1) is 0 Å². The monoisotopic (exact) mass is 196 g/mol. The third-order valence-corrected chi connectivity index (χ3v) is 3.90. The Hall–Kier alpha value is -0.470. The molecule has 1 aromatic carbocycles. The third kappa shape index (κ3) is 2.48. The molecule has 0 aliphatic rings. The highest BCUT2D eigenvalue weighted by Gasteiger charge is 2.13. The summed E-state index contributed by atoms with van der Waals surface area (Å²) in [5.74, 6) is 0.768. The first-order valence-electron chi connectivity index (χ1n) is 4.61. The minimum absolute atomic E-state index is 0.768. The summed E-state index contributed by atoms with van der Waals surface area (Å²) in [4.78, 5) is 1.00. The molecule has 0 aliphatic carbocycles. The summed E-state index contributed by atoms with van der Waals surface area (Å²) in [6.07, 6.45) is 0.972. The van der Waals surface area contributed by atoms with Gasteiger partial charge in [0.1, 0.15) is 5.75 Å². The lowest BCUT2D eigenvalue weighted by atomic mass is 10.1. The molecule has 2 heteroatoms. The van der Waals surface area contributed by atoms with E-state index in [9.17, 15) is 4.55 Å². The van der Waals surface area contributed by atoms with Gasteiger partial charge in [-0.05, 0) is 43.1 Å². The first-order valence-corrected chi connectivity index (χ1v) is 5.93. The van der Waals surface area contributed by atoms with E-state index in [1.54, 1.807) is 0 Å². The van der Waals surface area contributed by atoms with Crippen molar-refractivity contribution in [2.24, 2.45) is 0 Å². The van der Waals surface area contributed by atoms with Crippen LogP contribution in [-0.4, -0.2) is 10.3 Å². The Kier molecular flexibility index (Phi) is 3.82.